The summed E-state index contributed by atoms with van der Waals surface area (Å²) in [5, 5.41) is 2.70. The number of hydrazine groups is 1. The fourth-order valence-electron chi connectivity index (χ4n) is 2.11. The van der Waals surface area contributed by atoms with Crippen LogP contribution in [-0.2, 0) is 20.8 Å². The molecule has 1 heterocycles. The highest BCUT2D eigenvalue weighted by molar-refractivity contribution is 6.07. The zero-order valence-corrected chi connectivity index (χ0v) is 11.6. The Morgan fingerprint density at radius 3 is 2.57 bits per heavy atom. The van der Waals surface area contributed by atoms with Crippen LogP contribution in [0, 0.1) is 5.92 Å². The van der Waals surface area contributed by atoms with Crippen molar-refractivity contribution in [1.29, 1.82) is 0 Å². The van der Waals surface area contributed by atoms with E-state index in [2.05, 4.69) is 16.2 Å². The number of ether oxygens (including phenoxy) is 1. The number of amides is 3. The van der Waals surface area contributed by atoms with Crippen molar-refractivity contribution >= 4 is 17.7 Å². The highest BCUT2D eigenvalue weighted by atomic mass is 16.5. The molecule has 0 saturated carbocycles. The first kappa shape index (κ1) is 14.8. The number of para-hydroxylation sites is 1. The largest absolute Gasteiger partial charge is 0.496 e. The number of nitrogens with one attached hydrogen (secondary N) is 3. The second kappa shape index (κ2) is 6.74. The van der Waals surface area contributed by atoms with Crippen LogP contribution >= 0.6 is 0 Å². The Morgan fingerprint density at radius 2 is 1.90 bits per heavy atom. The summed E-state index contributed by atoms with van der Waals surface area (Å²) in [7, 11) is 1.59. The van der Waals surface area contributed by atoms with E-state index < -0.39 is 17.7 Å². The zero-order valence-electron chi connectivity index (χ0n) is 11.6. The average molecular weight is 291 g/mol. The Bertz CT molecular complexity index is 543. The lowest BCUT2D eigenvalue weighted by atomic mass is 10.1. The van der Waals surface area contributed by atoms with Gasteiger partial charge in [0.25, 0.3) is 11.8 Å². The van der Waals surface area contributed by atoms with Gasteiger partial charge in [-0.15, -0.1) is 0 Å². The number of carbonyl (C=O) groups is 3. The third kappa shape index (κ3) is 3.71. The summed E-state index contributed by atoms with van der Waals surface area (Å²) in [4.78, 5) is 34.3. The quantitative estimate of drug-likeness (QED) is 0.617. The zero-order chi connectivity index (χ0) is 15.2. The maximum absolute atomic E-state index is 11.7. The van der Waals surface area contributed by atoms with Crippen LogP contribution < -0.4 is 20.9 Å². The van der Waals surface area contributed by atoms with Gasteiger partial charge in [-0.05, 0) is 18.1 Å². The van der Waals surface area contributed by atoms with Gasteiger partial charge in [0.1, 0.15) is 11.7 Å². The van der Waals surface area contributed by atoms with E-state index in [4.69, 9.17) is 4.74 Å². The minimum atomic E-state index is -0.948. The molecule has 3 amide bonds. The van der Waals surface area contributed by atoms with E-state index in [1.54, 1.807) is 7.11 Å². The van der Waals surface area contributed by atoms with Gasteiger partial charge < -0.3 is 10.1 Å². The number of benzene rings is 1. The van der Waals surface area contributed by atoms with E-state index in [0.717, 1.165) is 11.3 Å². The normalized spacial score (nSPS) is 14.5. The van der Waals surface area contributed by atoms with Crippen LogP contribution in [-0.4, -0.2) is 31.4 Å². The van der Waals surface area contributed by atoms with Gasteiger partial charge in [-0.1, -0.05) is 18.2 Å². The lowest BCUT2D eigenvalue weighted by molar-refractivity contribution is -0.133. The van der Waals surface area contributed by atoms with Gasteiger partial charge in [-0.2, -0.15) is 0 Å². The summed E-state index contributed by atoms with van der Waals surface area (Å²) in [6.45, 7) is 0.412. The fraction of sp³-hybridized carbons (Fsp3) is 0.357. The van der Waals surface area contributed by atoms with E-state index in [1.807, 2.05) is 24.3 Å². The van der Waals surface area contributed by atoms with Crippen molar-refractivity contribution in [2.75, 3.05) is 13.7 Å². The number of hydrogen-bond donors (Lipinski definition) is 3. The minimum Gasteiger partial charge on any atom is -0.496 e. The van der Waals surface area contributed by atoms with Crippen LogP contribution in [0.15, 0.2) is 24.3 Å². The molecule has 1 saturated heterocycles. The molecule has 3 N–H and O–H groups in total. The van der Waals surface area contributed by atoms with Crippen LogP contribution in [0.3, 0.4) is 0 Å². The molecule has 1 aliphatic heterocycles. The molecule has 0 radical (unpaired) electrons. The summed E-state index contributed by atoms with van der Waals surface area (Å²) in [5.74, 6) is -1.46. The standard InChI is InChI=1S/C14H17N3O4/c1-21-11-5-3-2-4-9(11)6-7-15-12(18)8-10-13(19)16-17-14(10)20/h2-5,10H,6-8H2,1H3,(H,15,18)(H,16,19)(H,17,20). The van der Waals surface area contributed by atoms with Crippen molar-refractivity contribution in [2.45, 2.75) is 12.8 Å². The van der Waals surface area contributed by atoms with E-state index in [-0.39, 0.29) is 12.3 Å². The molecule has 1 aromatic carbocycles. The fourth-order valence-corrected chi connectivity index (χ4v) is 2.11. The molecule has 2 rings (SSSR count). The lowest BCUT2D eigenvalue weighted by Gasteiger charge is -2.09. The first-order chi connectivity index (χ1) is 10.1. The maximum atomic E-state index is 11.7. The van der Waals surface area contributed by atoms with E-state index >= 15 is 0 Å². The van der Waals surface area contributed by atoms with Crippen LogP contribution in [0.25, 0.3) is 0 Å². The molecule has 21 heavy (non-hydrogen) atoms. The molecule has 1 fully saturated rings. The molecule has 7 heteroatoms. The summed E-state index contributed by atoms with van der Waals surface area (Å²) in [6, 6.07) is 7.54. The van der Waals surface area contributed by atoms with Crippen molar-refractivity contribution < 1.29 is 19.1 Å². The number of rotatable bonds is 6. The Hall–Kier alpha value is -2.57. The summed E-state index contributed by atoms with van der Waals surface area (Å²) >= 11 is 0. The molecule has 0 spiro atoms. The molecule has 112 valence electrons. The average Bonchev–Trinajstić information content (AvgIpc) is 2.79. The molecule has 7 nitrogen and oxygen atoms in total. The first-order valence-electron chi connectivity index (χ1n) is 6.60. The molecule has 0 bridgehead atoms. The molecule has 0 atom stereocenters. The topological polar surface area (TPSA) is 96.5 Å². The van der Waals surface area contributed by atoms with Gasteiger partial charge in [0.2, 0.25) is 5.91 Å². The van der Waals surface area contributed by atoms with Gasteiger partial charge in [-0.3, -0.25) is 25.2 Å². The Labute approximate surface area is 122 Å². The van der Waals surface area contributed by atoms with E-state index in [0.29, 0.717) is 13.0 Å². The summed E-state index contributed by atoms with van der Waals surface area (Å²) in [5.41, 5.74) is 5.36. The van der Waals surface area contributed by atoms with Gasteiger partial charge in [-0.25, -0.2) is 0 Å². The Kier molecular flexibility index (Phi) is 4.76. The van der Waals surface area contributed by atoms with Gasteiger partial charge >= 0.3 is 0 Å². The summed E-state index contributed by atoms with van der Waals surface area (Å²) < 4.78 is 5.22. The second-order valence-corrected chi connectivity index (χ2v) is 4.65. The van der Waals surface area contributed by atoms with Crippen molar-refractivity contribution in [1.82, 2.24) is 16.2 Å². The van der Waals surface area contributed by atoms with Crippen LogP contribution in [0.1, 0.15) is 12.0 Å². The van der Waals surface area contributed by atoms with E-state index in [9.17, 15) is 14.4 Å². The minimum absolute atomic E-state index is 0.149. The second-order valence-electron chi connectivity index (χ2n) is 4.65. The van der Waals surface area contributed by atoms with Crippen LogP contribution in [0.5, 0.6) is 5.75 Å². The Morgan fingerprint density at radius 1 is 1.24 bits per heavy atom. The highest BCUT2D eigenvalue weighted by Crippen LogP contribution is 2.17. The van der Waals surface area contributed by atoms with Crippen molar-refractivity contribution in [3.8, 4) is 5.75 Å². The van der Waals surface area contributed by atoms with Gasteiger partial charge in [0, 0.05) is 13.0 Å². The smallest absolute Gasteiger partial charge is 0.251 e. The van der Waals surface area contributed by atoms with Crippen LogP contribution in [0.2, 0.25) is 0 Å². The number of carbonyl (C=O) groups excluding carboxylic acids is 3. The maximum Gasteiger partial charge on any atom is 0.251 e. The number of hydrogen-bond acceptors (Lipinski definition) is 4. The molecular formula is C14H17N3O4. The third-order valence-corrected chi connectivity index (χ3v) is 3.24. The van der Waals surface area contributed by atoms with Crippen molar-refractivity contribution in [3.05, 3.63) is 29.8 Å². The molecule has 1 aromatic rings. The lowest BCUT2D eigenvalue weighted by Crippen LogP contribution is -2.31. The monoisotopic (exact) mass is 291 g/mol. The predicted octanol–water partition coefficient (Wildman–Crippen LogP) is -0.479. The Balaban J connectivity index is 1.79. The van der Waals surface area contributed by atoms with Gasteiger partial charge in [0.05, 0.1) is 7.11 Å². The molecule has 0 aromatic heterocycles. The first-order valence-corrected chi connectivity index (χ1v) is 6.60. The molecule has 0 unspecified atom stereocenters. The SMILES string of the molecule is COc1ccccc1CCNC(=O)CC1C(=O)NNC1=O. The summed E-state index contributed by atoms with van der Waals surface area (Å²) in [6.07, 6.45) is 0.461. The highest BCUT2D eigenvalue weighted by Gasteiger charge is 2.34. The molecular weight excluding hydrogens is 274 g/mol. The van der Waals surface area contributed by atoms with Crippen molar-refractivity contribution in [3.63, 3.8) is 0 Å². The van der Waals surface area contributed by atoms with Gasteiger partial charge in [0.15, 0.2) is 0 Å². The molecule has 1 aliphatic rings. The van der Waals surface area contributed by atoms with Crippen molar-refractivity contribution in [2.24, 2.45) is 5.92 Å². The number of methoxy groups -OCH3 is 1. The van der Waals surface area contributed by atoms with E-state index in [1.165, 1.54) is 0 Å². The molecule has 0 aliphatic carbocycles. The predicted molar refractivity (Wildman–Crippen MR) is 74.1 cm³/mol. The third-order valence-electron chi connectivity index (χ3n) is 3.24. The van der Waals surface area contributed by atoms with Crippen LogP contribution in [0.4, 0.5) is 0 Å².